The predicted molar refractivity (Wildman–Crippen MR) is 49.7 cm³/mol. The molecule has 1 fully saturated rings. The van der Waals surface area contributed by atoms with Crippen LogP contribution in [0.25, 0.3) is 0 Å². The summed E-state index contributed by atoms with van der Waals surface area (Å²) in [6.07, 6.45) is 2.61. The molecule has 0 aromatic rings. The van der Waals surface area contributed by atoms with Crippen molar-refractivity contribution in [1.82, 2.24) is 0 Å². The largest absolute Gasteiger partial charge is 0.381 e. The van der Waals surface area contributed by atoms with Crippen molar-refractivity contribution in [2.45, 2.75) is 26.2 Å². The molecule has 0 aliphatic carbocycles. The fourth-order valence-corrected chi connectivity index (χ4v) is 1.39. The highest BCUT2D eigenvalue weighted by Crippen LogP contribution is 2.12. The van der Waals surface area contributed by atoms with Crippen molar-refractivity contribution in [3.8, 4) is 0 Å². The first-order valence-corrected chi connectivity index (χ1v) is 4.94. The number of ketones is 1. The summed E-state index contributed by atoms with van der Waals surface area (Å²) < 4.78 is 10.7. The van der Waals surface area contributed by atoms with Crippen LogP contribution in [0.2, 0.25) is 0 Å². The van der Waals surface area contributed by atoms with Crippen molar-refractivity contribution < 1.29 is 14.3 Å². The van der Waals surface area contributed by atoms with E-state index in [9.17, 15) is 4.79 Å². The van der Waals surface area contributed by atoms with E-state index in [1.165, 1.54) is 0 Å². The minimum Gasteiger partial charge on any atom is -0.381 e. The second-order valence-corrected chi connectivity index (χ2v) is 3.61. The molecule has 0 bridgehead atoms. The Kier molecular flexibility index (Phi) is 5.01. The van der Waals surface area contributed by atoms with Gasteiger partial charge in [-0.15, -0.1) is 0 Å². The van der Waals surface area contributed by atoms with Crippen LogP contribution in [-0.2, 0) is 14.3 Å². The van der Waals surface area contributed by atoms with Gasteiger partial charge >= 0.3 is 0 Å². The standard InChI is InChI=1S/C10H18O3/c1-9(11)3-2-5-12-7-10-4-6-13-8-10/h10H,2-8H2,1H3. The Balaban J connectivity index is 1.86. The highest BCUT2D eigenvalue weighted by atomic mass is 16.5. The second-order valence-electron chi connectivity index (χ2n) is 3.61. The van der Waals surface area contributed by atoms with E-state index in [1.54, 1.807) is 6.92 Å². The fraction of sp³-hybridized carbons (Fsp3) is 0.900. The molecule has 1 heterocycles. The number of hydrogen-bond acceptors (Lipinski definition) is 3. The summed E-state index contributed by atoms with van der Waals surface area (Å²) in [7, 11) is 0. The maximum atomic E-state index is 10.6. The van der Waals surface area contributed by atoms with Gasteiger partial charge in [0.1, 0.15) is 5.78 Å². The topological polar surface area (TPSA) is 35.5 Å². The molecule has 1 saturated heterocycles. The van der Waals surface area contributed by atoms with Gasteiger partial charge in [0.2, 0.25) is 0 Å². The summed E-state index contributed by atoms with van der Waals surface area (Å²) >= 11 is 0. The minimum atomic E-state index is 0.243. The van der Waals surface area contributed by atoms with E-state index in [4.69, 9.17) is 9.47 Å². The van der Waals surface area contributed by atoms with Crippen LogP contribution in [0.1, 0.15) is 26.2 Å². The number of rotatable bonds is 6. The Hall–Kier alpha value is -0.410. The SMILES string of the molecule is CC(=O)CCCOCC1CCOC1. The van der Waals surface area contributed by atoms with Crippen LogP contribution >= 0.6 is 0 Å². The lowest BCUT2D eigenvalue weighted by molar-refractivity contribution is -0.117. The molecule has 0 aromatic heterocycles. The smallest absolute Gasteiger partial charge is 0.129 e. The third kappa shape index (κ3) is 5.01. The average Bonchev–Trinajstić information content (AvgIpc) is 2.55. The lowest BCUT2D eigenvalue weighted by Crippen LogP contribution is -2.10. The third-order valence-corrected chi connectivity index (χ3v) is 2.20. The van der Waals surface area contributed by atoms with Crippen molar-refractivity contribution >= 4 is 5.78 Å². The first kappa shape index (κ1) is 10.7. The van der Waals surface area contributed by atoms with Crippen LogP contribution < -0.4 is 0 Å². The Morgan fingerprint density at radius 3 is 3.08 bits per heavy atom. The lowest BCUT2D eigenvalue weighted by atomic mass is 10.1. The Labute approximate surface area is 79.4 Å². The second kappa shape index (κ2) is 6.11. The van der Waals surface area contributed by atoms with Gasteiger partial charge in [-0.2, -0.15) is 0 Å². The molecule has 1 unspecified atom stereocenters. The van der Waals surface area contributed by atoms with E-state index in [0.717, 1.165) is 32.7 Å². The Morgan fingerprint density at radius 1 is 1.62 bits per heavy atom. The van der Waals surface area contributed by atoms with Crippen LogP contribution in [-0.4, -0.2) is 32.2 Å². The maximum Gasteiger partial charge on any atom is 0.129 e. The van der Waals surface area contributed by atoms with Gasteiger partial charge in [-0.25, -0.2) is 0 Å². The van der Waals surface area contributed by atoms with E-state index in [-0.39, 0.29) is 5.78 Å². The Morgan fingerprint density at radius 2 is 2.46 bits per heavy atom. The van der Waals surface area contributed by atoms with E-state index < -0.39 is 0 Å². The number of Topliss-reactive ketones (excluding diaryl/α,β-unsaturated/α-hetero) is 1. The van der Waals surface area contributed by atoms with Crippen LogP contribution in [0.15, 0.2) is 0 Å². The van der Waals surface area contributed by atoms with Crippen LogP contribution in [0.3, 0.4) is 0 Å². The molecule has 1 aliphatic rings. The van der Waals surface area contributed by atoms with Crippen molar-refractivity contribution in [3.63, 3.8) is 0 Å². The van der Waals surface area contributed by atoms with Crippen LogP contribution in [0.4, 0.5) is 0 Å². The van der Waals surface area contributed by atoms with E-state index in [1.807, 2.05) is 0 Å². The first-order valence-electron chi connectivity index (χ1n) is 4.94. The van der Waals surface area contributed by atoms with Gasteiger partial charge in [-0.1, -0.05) is 0 Å². The zero-order valence-corrected chi connectivity index (χ0v) is 8.25. The van der Waals surface area contributed by atoms with Gasteiger partial charge in [0.15, 0.2) is 0 Å². The molecular weight excluding hydrogens is 168 g/mol. The van der Waals surface area contributed by atoms with Gasteiger partial charge in [0.05, 0.1) is 13.2 Å². The number of carbonyl (C=O) groups is 1. The Bertz CT molecular complexity index is 150. The molecule has 0 aromatic carbocycles. The highest BCUT2D eigenvalue weighted by Gasteiger charge is 2.15. The minimum absolute atomic E-state index is 0.243. The molecule has 0 N–H and O–H groups in total. The summed E-state index contributed by atoms with van der Waals surface area (Å²) in [5.41, 5.74) is 0. The van der Waals surface area contributed by atoms with Gasteiger partial charge in [-0.05, 0) is 19.8 Å². The summed E-state index contributed by atoms with van der Waals surface area (Å²) in [6.45, 7) is 4.83. The molecule has 13 heavy (non-hydrogen) atoms. The molecule has 1 rings (SSSR count). The molecule has 0 amide bonds. The van der Waals surface area contributed by atoms with E-state index in [2.05, 4.69) is 0 Å². The summed E-state index contributed by atoms with van der Waals surface area (Å²) in [6, 6.07) is 0. The van der Waals surface area contributed by atoms with Crippen molar-refractivity contribution in [3.05, 3.63) is 0 Å². The monoisotopic (exact) mass is 186 g/mol. The molecular formula is C10H18O3. The van der Waals surface area contributed by atoms with Gasteiger partial charge in [0.25, 0.3) is 0 Å². The highest BCUT2D eigenvalue weighted by molar-refractivity contribution is 5.75. The molecule has 0 spiro atoms. The van der Waals surface area contributed by atoms with Gasteiger partial charge in [0, 0.05) is 25.6 Å². The summed E-state index contributed by atoms with van der Waals surface area (Å²) in [4.78, 5) is 10.6. The summed E-state index contributed by atoms with van der Waals surface area (Å²) in [5.74, 6) is 0.824. The van der Waals surface area contributed by atoms with Crippen LogP contribution in [0.5, 0.6) is 0 Å². The molecule has 1 atom stereocenters. The fourth-order valence-electron chi connectivity index (χ4n) is 1.39. The molecule has 0 radical (unpaired) electrons. The average molecular weight is 186 g/mol. The molecule has 3 nitrogen and oxygen atoms in total. The number of carbonyl (C=O) groups excluding carboxylic acids is 1. The zero-order chi connectivity index (χ0) is 9.52. The number of hydrogen-bond donors (Lipinski definition) is 0. The number of ether oxygens (including phenoxy) is 2. The van der Waals surface area contributed by atoms with E-state index in [0.29, 0.717) is 18.9 Å². The maximum absolute atomic E-state index is 10.6. The molecule has 76 valence electrons. The van der Waals surface area contributed by atoms with Gasteiger partial charge in [-0.3, -0.25) is 0 Å². The van der Waals surface area contributed by atoms with Crippen molar-refractivity contribution in [1.29, 1.82) is 0 Å². The lowest BCUT2D eigenvalue weighted by Gasteiger charge is -2.07. The molecule has 0 saturated carbocycles. The van der Waals surface area contributed by atoms with Crippen molar-refractivity contribution in [2.24, 2.45) is 5.92 Å². The normalized spacial score (nSPS) is 22.1. The van der Waals surface area contributed by atoms with E-state index >= 15 is 0 Å². The third-order valence-electron chi connectivity index (χ3n) is 2.20. The first-order chi connectivity index (χ1) is 6.29. The van der Waals surface area contributed by atoms with Crippen LogP contribution in [0, 0.1) is 5.92 Å². The molecule has 1 aliphatic heterocycles. The van der Waals surface area contributed by atoms with Crippen molar-refractivity contribution in [2.75, 3.05) is 26.4 Å². The quantitative estimate of drug-likeness (QED) is 0.588. The summed E-state index contributed by atoms with van der Waals surface area (Å²) in [5, 5.41) is 0. The zero-order valence-electron chi connectivity index (χ0n) is 8.25. The molecule has 3 heteroatoms. The predicted octanol–water partition coefficient (Wildman–Crippen LogP) is 1.41. The van der Waals surface area contributed by atoms with Gasteiger partial charge < -0.3 is 14.3 Å².